The highest BCUT2D eigenvalue weighted by atomic mass is 16.6. The number of hydrogen-bond acceptors (Lipinski definition) is 8. The molecule has 0 bridgehead atoms. The van der Waals surface area contributed by atoms with Gasteiger partial charge in [-0.1, -0.05) is 0 Å². The quantitative estimate of drug-likeness (QED) is 0.322. The summed E-state index contributed by atoms with van der Waals surface area (Å²) in [5, 5.41) is 31.8. The Bertz CT molecular complexity index is 806. The van der Waals surface area contributed by atoms with Crippen molar-refractivity contribution in [2.24, 2.45) is 5.73 Å². The van der Waals surface area contributed by atoms with Crippen LogP contribution in [0.1, 0.15) is 20.7 Å². The summed E-state index contributed by atoms with van der Waals surface area (Å²) in [7, 11) is 0. The minimum Gasteiger partial charge on any atom is -0.373 e. The zero-order valence-corrected chi connectivity index (χ0v) is 13.2. The maximum Gasteiger partial charge on any atom is 0.269 e. The van der Waals surface area contributed by atoms with Crippen LogP contribution in [0.15, 0.2) is 48.5 Å². The molecule has 10 nitrogen and oxygen atoms in total. The number of ketones is 2. The molecule has 0 saturated heterocycles. The second-order valence-electron chi connectivity index (χ2n) is 5.33. The van der Waals surface area contributed by atoms with Gasteiger partial charge in [0.05, 0.1) is 9.85 Å². The highest BCUT2D eigenvalue weighted by Crippen LogP contribution is 2.22. The molecule has 3 N–H and O–H groups in total. The molecule has 0 amide bonds. The van der Waals surface area contributed by atoms with Crippen LogP contribution in [0, 0.1) is 20.2 Å². The van der Waals surface area contributed by atoms with Crippen molar-refractivity contribution in [1.29, 1.82) is 0 Å². The van der Waals surface area contributed by atoms with E-state index in [1.807, 2.05) is 0 Å². The minimum absolute atomic E-state index is 0.140. The largest absolute Gasteiger partial charge is 0.373 e. The van der Waals surface area contributed by atoms with Crippen LogP contribution in [-0.4, -0.2) is 38.7 Å². The van der Waals surface area contributed by atoms with Gasteiger partial charge < -0.3 is 10.8 Å². The van der Waals surface area contributed by atoms with E-state index in [-0.39, 0.29) is 22.5 Å². The van der Waals surface area contributed by atoms with E-state index in [0.717, 1.165) is 48.5 Å². The summed E-state index contributed by atoms with van der Waals surface area (Å²) in [6.45, 7) is -0.737. The van der Waals surface area contributed by atoms with Crippen LogP contribution in [0.2, 0.25) is 0 Å². The third-order valence-corrected chi connectivity index (χ3v) is 3.73. The van der Waals surface area contributed by atoms with Crippen LogP contribution in [0.3, 0.4) is 0 Å². The molecule has 0 aromatic heterocycles. The molecule has 0 aliphatic carbocycles. The van der Waals surface area contributed by atoms with Crippen molar-refractivity contribution in [2.45, 2.75) is 5.60 Å². The van der Waals surface area contributed by atoms with Gasteiger partial charge in [0.1, 0.15) is 0 Å². The second-order valence-corrected chi connectivity index (χ2v) is 5.33. The molecular weight excluding hydrogens is 346 g/mol. The first-order valence-electron chi connectivity index (χ1n) is 7.21. The lowest BCUT2D eigenvalue weighted by Crippen LogP contribution is -2.52. The number of rotatable bonds is 7. The fourth-order valence-electron chi connectivity index (χ4n) is 2.24. The summed E-state index contributed by atoms with van der Waals surface area (Å²) in [4.78, 5) is 45.1. The average molecular weight is 359 g/mol. The Morgan fingerprint density at radius 1 is 0.846 bits per heavy atom. The van der Waals surface area contributed by atoms with Gasteiger partial charge in [-0.05, 0) is 24.3 Å². The predicted molar refractivity (Wildman–Crippen MR) is 88.9 cm³/mol. The van der Waals surface area contributed by atoms with Crippen LogP contribution >= 0.6 is 0 Å². The fraction of sp³-hybridized carbons (Fsp3) is 0.125. The van der Waals surface area contributed by atoms with Crippen molar-refractivity contribution in [3.8, 4) is 0 Å². The molecular formula is C16H13N3O7. The smallest absolute Gasteiger partial charge is 0.269 e. The van der Waals surface area contributed by atoms with Crippen molar-refractivity contribution >= 4 is 22.9 Å². The molecule has 10 heteroatoms. The van der Waals surface area contributed by atoms with Crippen LogP contribution < -0.4 is 5.73 Å². The molecule has 0 unspecified atom stereocenters. The predicted octanol–water partition coefficient (Wildman–Crippen LogP) is 1.26. The molecule has 0 spiro atoms. The number of carbonyl (C=O) groups is 2. The molecule has 0 fully saturated rings. The van der Waals surface area contributed by atoms with Gasteiger partial charge in [-0.15, -0.1) is 0 Å². The zero-order chi connectivity index (χ0) is 19.5. The van der Waals surface area contributed by atoms with Crippen molar-refractivity contribution in [2.75, 3.05) is 6.54 Å². The highest BCUT2D eigenvalue weighted by Gasteiger charge is 2.43. The van der Waals surface area contributed by atoms with Crippen LogP contribution in [-0.2, 0) is 0 Å². The molecule has 0 aliphatic rings. The number of carbonyl (C=O) groups excluding carboxylic acids is 2. The lowest BCUT2D eigenvalue weighted by atomic mass is 9.85. The van der Waals surface area contributed by atoms with Gasteiger partial charge in [-0.3, -0.25) is 29.8 Å². The van der Waals surface area contributed by atoms with Crippen LogP contribution in [0.4, 0.5) is 11.4 Å². The number of nitrogens with zero attached hydrogens (tertiary/aromatic N) is 2. The van der Waals surface area contributed by atoms with Crippen molar-refractivity contribution in [3.05, 3.63) is 79.9 Å². The molecule has 0 radical (unpaired) electrons. The minimum atomic E-state index is -2.60. The maximum atomic E-state index is 12.5. The van der Waals surface area contributed by atoms with Gasteiger partial charge in [-0.2, -0.15) is 0 Å². The Labute approximate surface area is 146 Å². The van der Waals surface area contributed by atoms with E-state index in [1.165, 1.54) is 0 Å². The van der Waals surface area contributed by atoms with Gasteiger partial charge in [-0.25, -0.2) is 0 Å². The lowest BCUT2D eigenvalue weighted by molar-refractivity contribution is -0.385. The molecule has 134 valence electrons. The molecule has 0 aliphatic heterocycles. The molecule has 0 saturated carbocycles. The first-order valence-corrected chi connectivity index (χ1v) is 7.21. The number of hydrogen-bond donors (Lipinski definition) is 2. The Hall–Kier alpha value is -3.50. The number of nitro benzene ring substituents is 2. The summed E-state index contributed by atoms with van der Waals surface area (Å²) >= 11 is 0. The number of aliphatic hydroxyl groups is 1. The molecule has 26 heavy (non-hydrogen) atoms. The lowest BCUT2D eigenvalue weighted by Gasteiger charge is -2.23. The van der Waals surface area contributed by atoms with E-state index < -0.39 is 33.6 Å². The van der Waals surface area contributed by atoms with Gasteiger partial charge in [0, 0.05) is 41.9 Å². The third-order valence-electron chi connectivity index (χ3n) is 3.73. The number of non-ortho nitro benzene ring substituents is 2. The number of nitro groups is 2. The van der Waals surface area contributed by atoms with Crippen molar-refractivity contribution in [3.63, 3.8) is 0 Å². The molecule has 0 heterocycles. The second kappa shape index (κ2) is 7.17. The van der Waals surface area contributed by atoms with Crippen LogP contribution in [0.25, 0.3) is 0 Å². The van der Waals surface area contributed by atoms with E-state index in [4.69, 9.17) is 5.73 Å². The molecule has 2 aromatic carbocycles. The van der Waals surface area contributed by atoms with Crippen LogP contribution in [0.5, 0.6) is 0 Å². The molecule has 2 aromatic rings. The molecule has 2 rings (SSSR count). The van der Waals surface area contributed by atoms with Crippen molar-refractivity contribution in [1.82, 2.24) is 0 Å². The fourth-order valence-corrected chi connectivity index (χ4v) is 2.24. The normalized spacial score (nSPS) is 11.0. The topological polar surface area (TPSA) is 167 Å². The summed E-state index contributed by atoms with van der Waals surface area (Å²) in [5.41, 5.74) is 2.02. The Balaban J connectivity index is 2.35. The van der Waals surface area contributed by atoms with Gasteiger partial charge >= 0.3 is 0 Å². The summed E-state index contributed by atoms with van der Waals surface area (Å²) in [6.07, 6.45) is 0. The van der Waals surface area contributed by atoms with Gasteiger partial charge in [0.15, 0.2) is 0 Å². The Kier molecular flexibility index (Phi) is 5.19. The van der Waals surface area contributed by atoms with E-state index in [9.17, 15) is 34.9 Å². The van der Waals surface area contributed by atoms with E-state index in [1.54, 1.807) is 0 Å². The van der Waals surface area contributed by atoms with E-state index in [0.29, 0.717) is 0 Å². The first kappa shape index (κ1) is 18.8. The molecule has 0 atom stereocenters. The van der Waals surface area contributed by atoms with E-state index >= 15 is 0 Å². The van der Waals surface area contributed by atoms with Gasteiger partial charge in [0.25, 0.3) is 11.4 Å². The Morgan fingerprint density at radius 3 is 1.38 bits per heavy atom. The summed E-state index contributed by atoms with van der Waals surface area (Å²) in [6, 6.07) is 8.63. The number of Topliss-reactive ketones (excluding diaryl/α,β-unsaturated/α-hetero) is 2. The Morgan fingerprint density at radius 2 is 1.15 bits per heavy atom. The number of nitrogens with two attached hydrogens (primary N) is 1. The summed E-state index contributed by atoms with van der Waals surface area (Å²) < 4.78 is 0. The SMILES string of the molecule is NCC(O)(C(=O)c1ccc([N+](=O)[O-])cc1)C(=O)c1ccc([N+](=O)[O-])cc1. The average Bonchev–Trinajstić information content (AvgIpc) is 2.66. The van der Waals surface area contributed by atoms with Crippen molar-refractivity contribution < 1.29 is 24.5 Å². The van der Waals surface area contributed by atoms with Gasteiger partial charge in [0.2, 0.25) is 17.2 Å². The van der Waals surface area contributed by atoms with E-state index in [2.05, 4.69) is 0 Å². The standard InChI is InChI=1S/C16H13N3O7/c17-9-16(22,14(20)10-1-5-12(6-2-10)18(23)24)15(21)11-3-7-13(8-4-11)19(25)26/h1-8,22H,9,17H2. The summed E-state index contributed by atoms with van der Waals surface area (Å²) in [5.74, 6) is -2.06. The first-order chi connectivity index (χ1) is 12.2. The monoisotopic (exact) mass is 359 g/mol. The third kappa shape index (κ3) is 3.45. The maximum absolute atomic E-state index is 12.5. The highest BCUT2D eigenvalue weighted by molar-refractivity contribution is 6.22. The zero-order valence-electron chi connectivity index (χ0n) is 13.2. The number of benzene rings is 2.